The molecule has 3 heteroatoms. The van der Waals surface area contributed by atoms with Gasteiger partial charge in [-0.2, -0.15) is 0 Å². The van der Waals surface area contributed by atoms with Gasteiger partial charge < -0.3 is 6.15 Å². The molecular formula is C11H13N3. The minimum Gasteiger partial charge on any atom is -0.344 e. The fourth-order valence-electron chi connectivity index (χ4n) is 1.20. The zero-order valence-electron chi connectivity index (χ0n) is 7.93. The third-order valence-corrected chi connectivity index (χ3v) is 1.82. The Morgan fingerprint density at radius 3 is 2.14 bits per heavy atom. The molecule has 0 radical (unpaired) electrons. The third kappa shape index (κ3) is 2.64. The summed E-state index contributed by atoms with van der Waals surface area (Å²) in [5.74, 6) is 0.869. The molecule has 0 aliphatic carbocycles. The number of rotatable bonds is 2. The van der Waals surface area contributed by atoms with Gasteiger partial charge in [0.1, 0.15) is 5.82 Å². The predicted octanol–water partition coefficient (Wildman–Crippen LogP) is 2.23. The second-order valence-electron chi connectivity index (χ2n) is 2.83. The third-order valence-electron chi connectivity index (χ3n) is 1.82. The van der Waals surface area contributed by atoms with E-state index in [4.69, 9.17) is 0 Å². The van der Waals surface area contributed by atoms with Crippen LogP contribution in [0.5, 0.6) is 0 Å². The molecule has 1 aromatic carbocycles. The van der Waals surface area contributed by atoms with Crippen molar-refractivity contribution in [2.45, 2.75) is 6.42 Å². The Hall–Kier alpha value is -1.74. The van der Waals surface area contributed by atoms with Crippen molar-refractivity contribution < 1.29 is 0 Å². The second-order valence-corrected chi connectivity index (χ2v) is 2.83. The second kappa shape index (κ2) is 5.09. The van der Waals surface area contributed by atoms with Crippen LogP contribution >= 0.6 is 0 Å². The summed E-state index contributed by atoms with van der Waals surface area (Å²) in [5.41, 5.74) is 1.24. The molecule has 0 aliphatic rings. The molecule has 0 fully saturated rings. The van der Waals surface area contributed by atoms with Crippen LogP contribution in [0, 0.1) is 0 Å². The van der Waals surface area contributed by atoms with Crippen LogP contribution in [0.4, 0.5) is 0 Å². The molecule has 3 N–H and O–H groups in total. The monoisotopic (exact) mass is 187 g/mol. The SMILES string of the molecule is N.c1ccc(Cc2ncccn2)cc1. The van der Waals surface area contributed by atoms with Gasteiger partial charge in [-0.1, -0.05) is 30.3 Å². The maximum Gasteiger partial charge on any atom is 0.132 e. The van der Waals surface area contributed by atoms with Crippen LogP contribution in [0.2, 0.25) is 0 Å². The Morgan fingerprint density at radius 1 is 0.857 bits per heavy atom. The lowest BCUT2D eigenvalue weighted by Crippen LogP contribution is -1.93. The molecule has 0 saturated heterocycles. The molecule has 0 spiro atoms. The van der Waals surface area contributed by atoms with Gasteiger partial charge in [0.15, 0.2) is 0 Å². The van der Waals surface area contributed by atoms with Gasteiger partial charge in [-0.05, 0) is 11.6 Å². The Morgan fingerprint density at radius 2 is 1.50 bits per heavy atom. The molecule has 0 amide bonds. The quantitative estimate of drug-likeness (QED) is 0.784. The van der Waals surface area contributed by atoms with Gasteiger partial charge in [0.2, 0.25) is 0 Å². The molecule has 3 nitrogen and oxygen atoms in total. The Bertz CT molecular complexity index is 321. The number of hydrogen-bond donors (Lipinski definition) is 1. The summed E-state index contributed by atoms with van der Waals surface area (Å²) in [6.07, 6.45) is 4.35. The maximum atomic E-state index is 4.16. The van der Waals surface area contributed by atoms with E-state index in [0.29, 0.717) is 0 Å². The molecule has 0 saturated carbocycles. The van der Waals surface area contributed by atoms with Crippen LogP contribution in [0.1, 0.15) is 11.4 Å². The van der Waals surface area contributed by atoms with Gasteiger partial charge in [-0.15, -0.1) is 0 Å². The van der Waals surface area contributed by atoms with E-state index in [0.717, 1.165) is 12.2 Å². The maximum absolute atomic E-state index is 4.16. The van der Waals surface area contributed by atoms with E-state index in [1.807, 2.05) is 24.3 Å². The van der Waals surface area contributed by atoms with Crippen molar-refractivity contribution >= 4 is 0 Å². The molecule has 14 heavy (non-hydrogen) atoms. The van der Waals surface area contributed by atoms with E-state index < -0.39 is 0 Å². The highest BCUT2D eigenvalue weighted by Gasteiger charge is 1.95. The standard InChI is InChI=1S/C11H10N2.H3N/c1-2-5-10(6-3-1)9-11-12-7-4-8-13-11;/h1-8H,9H2;1H3. The molecule has 72 valence electrons. The van der Waals surface area contributed by atoms with Crippen molar-refractivity contribution in [1.82, 2.24) is 16.1 Å². The number of benzene rings is 1. The van der Waals surface area contributed by atoms with Gasteiger partial charge in [0.25, 0.3) is 0 Å². The fraction of sp³-hybridized carbons (Fsp3) is 0.0909. The van der Waals surface area contributed by atoms with Crippen molar-refractivity contribution in [2.75, 3.05) is 0 Å². The number of nitrogens with zero attached hydrogens (tertiary/aromatic N) is 2. The normalized spacial score (nSPS) is 9.14. The minimum absolute atomic E-state index is 0. The van der Waals surface area contributed by atoms with E-state index in [1.54, 1.807) is 12.4 Å². The van der Waals surface area contributed by atoms with Gasteiger partial charge >= 0.3 is 0 Å². The summed E-state index contributed by atoms with van der Waals surface area (Å²) < 4.78 is 0. The summed E-state index contributed by atoms with van der Waals surface area (Å²) >= 11 is 0. The Kier molecular flexibility index (Phi) is 3.76. The van der Waals surface area contributed by atoms with Crippen LogP contribution in [-0.4, -0.2) is 9.97 Å². The zero-order chi connectivity index (χ0) is 8.93. The topological polar surface area (TPSA) is 60.8 Å². The van der Waals surface area contributed by atoms with E-state index in [9.17, 15) is 0 Å². The molecule has 0 aliphatic heterocycles. The van der Waals surface area contributed by atoms with Gasteiger partial charge in [-0.25, -0.2) is 9.97 Å². The average Bonchev–Trinajstić information content (AvgIpc) is 2.21. The minimum atomic E-state index is 0. The predicted molar refractivity (Wildman–Crippen MR) is 56.3 cm³/mol. The molecule has 2 rings (SSSR count). The molecule has 0 atom stereocenters. The van der Waals surface area contributed by atoms with Crippen molar-refractivity contribution in [3.63, 3.8) is 0 Å². The Labute approximate surface area is 83.4 Å². The average molecular weight is 187 g/mol. The lowest BCUT2D eigenvalue weighted by atomic mass is 10.1. The first kappa shape index (κ1) is 10.3. The van der Waals surface area contributed by atoms with E-state index in [-0.39, 0.29) is 6.15 Å². The molecule has 0 unspecified atom stereocenters. The first-order valence-corrected chi connectivity index (χ1v) is 4.25. The van der Waals surface area contributed by atoms with Gasteiger partial charge in [0, 0.05) is 18.8 Å². The first-order chi connectivity index (χ1) is 6.45. The lowest BCUT2D eigenvalue weighted by Gasteiger charge is -1.98. The molecule has 0 bridgehead atoms. The van der Waals surface area contributed by atoms with Crippen LogP contribution in [0.15, 0.2) is 48.8 Å². The summed E-state index contributed by atoms with van der Waals surface area (Å²) in [6.45, 7) is 0. The van der Waals surface area contributed by atoms with Gasteiger partial charge in [0.05, 0.1) is 0 Å². The van der Waals surface area contributed by atoms with Crippen LogP contribution in [0.25, 0.3) is 0 Å². The number of hydrogen-bond acceptors (Lipinski definition) is 3. The lowest BCUT2D eigenvalue weighted by molar-refractivity contribution is 0.968. The molecule has 2 aromatic rings. The van der Waals surface area contributed by atoms with Crippen LogP contribution in [-0.2, 0) is 6.42 Å². The summed E-state index contributed by atoms with van der Waals surface area (Å²) in [4.78, 5) is 8.33. The van der Waals surface area contributed by atoms with Crippen molar-refractivity contribution in [1.29, 1.82) is 0 Å². The molecule has 1 aromatic heterocycles. The van der Waals surface area contributed by atoms with E-state index >= 15 is 0 Å². The summed E-state index contributed by atoms with van der Waals surface area (Å²) in [5, 5.41) is 0. The highest BCUT2D eigenvalue weighted by Crippen LogP contribution is 2.03. The highest BCUT2D eigenvalue weighted by atomic mass is 14.8. The number of aromatic nitrogens is 2. The molecule has 1 heterocycles. The van der Waals surface area contributed by atoms with E-state index in [1.165, 1.54) is 5.56 Å². The van der Waals surface area contributed by atoms with E-state index in [2.05, 4.69) is 22.1 Å². The van der Waals surface area contributed by atoms with Crippen molar-refractivity contribution in [3.05, 3.63) is 60.2 Å². The largest absolute Gasteiger partial charge is 0.344 e. The van der Waals surface area contributed by atoms with Crippen LogP contribution in [0.3, 0.4) is 0 Å². The van der Waals surface area contributed by atoms with Gasteiger partial charge in [-0.3, -0.25) is 0 Å². The summed E-state index contributed by atoms with van der Waals surface area (Å²) in [6, 6.07) is 12.0. The Balaban J connectivity index is 0.000000980. The summed E-state index contributed by atoms with van der Waals surface area (Å²) in [7, 11) is 0. The molecular weight excluding hydrogens is 174 g/mol. The van der Waals surface area contributed by atoms with Crippen molar-refractivity contribution in [3.8, 4) is 0 Å². The zero-order valence-corrected chi connectivity index (χ0v) is 7.93. The smallest absolute Gasteiger partial charge is 0.132 e. The first-order valence-electron chi connectivity index (χ1n) is 4.25. The van der Waals surface area contributed by atoms with Crippen LogP contribution < -0.4 is 6.15 Å². The highest BCUT2D eigenvalue weighted by molar-refractivity contribution is 5.18. The van der Waals surface area contributed by atoms with Crippen molar-refractivity contribution in [2.24, 2.45) is 0 Å². The fourth-order valence-corrected chi connectivity index (χ4v) is 1.20.